The third-order valence-corrected chi connectivity index (χ3v) is 8.64. The number of carbonyl (C=O) groups is 1. The largest absolute Gasteiger partial charge is 0.341 e. The minimum atomic E-state index is -2.98. The van der Waals surface area contributed by atoms with Crippen molar-refractivity contribution in [2.75, 3.05) is 31.6 Å². The van der Waals surface area contributed by atoms with Gasteiger partial charge < -0.3 is 4.90 Å². The average molecular weight is 459 g/mol. The molecule has 0 bridgehead atoms. The van der Waals surface area contributed by atoms with E-state index in [-0.39, 0.29) is 29.5 Å². The molecule has 0 aliphatic carbocycles. The molecule has 1 aromatic heterocycles. The number of carbonyl (C=O) groups excluding carboxylic acids is 1. The Morgan fingerprint density at radius 3 is 2.47 bits per heavy atom. The number of hydrogen-bond acceptors (Lipinski definition) is 5. The molecule has 2 atom stereocenters. The van der Waals surface area contributed by atoms with E-state index < -0.39 is 9.84 Å². The lowest BCUT2D eigenvalue weighted by atomic mass is 10.0. The fourth-order valence-corrected chi connectivity index (χ4v) is 6.79. The minimum Gasteiger partial charge on any atom is -0.341 e. The zero-order chi connectivity index (χ0) is 22.9. The zero-order valence-electron chi connectivity index (χ0n) is 19.3. The number of sulfone groups is 1. The summed E-state index contributed by atoms with van der Waals surface area (Å²) in [6, 6.07) is 9.52. The first kappa shape index (κ1) is 23.0. The predicted molar refractivity (Wildman–Crippen MR) is 125 cm³/mol. The van der Waals surface area contributed by atoms with Crippen LogP contribution < -0.4 is 0 Å². The van der Waals surface area contributed by atoms with Gasteiger partial charge >= 0.3 is 0 Å². The SMILES string of the molecule is Cc1nn([C@H]2CCS(=O)(=O)C2)c(C)c1CN(C)[C@H](C(=O)N1CCCCC1)c1ccccc1. The van der Waals surface area contributed by atoms with E-state index >= 15 is 0 Å². The fourth-order valence-electron chi connectivity index (χ4n) is 5.10. The summed E-state index contributed by atoms with van der Waals surface area (Å²) in [4.78, 5) is 17.7. The number of rotatable bonds is 6. The summed E-state index contributed by atoms with van der Waals surface area (Å²) < 4.78 is 25.8. The third-order valence-electron chi connectivity index (χ3n) is 6.89. The lowest BCUT2D eigenvalue weighted by molar-refractivity contribution is -0.138. The molecule has 2 aromatic rings. The van der Waals surface area contributed by atoms with E-state index in [1.165, 1.54) is 6.42 Å². The molecular formula is C24H34N4O3S. The van der Waals surface area contributed by atoms with Gasteiger partial charge in [-0.1, -0.05) is 30.3 Å². The molecule has 0 spiro atoms. The number of aromatic nitrogens is 2. The highest BCUT2D eigenvalue weighted by atomic mass is 32.2. The Morgan fingerprint density at radius 2 is 1.84 bits per heavy atom. The van der Waals surface area contributed by atoms with Crippen LogP contribution in [0.25, 0.3) is 0 Å². The molecule has 3 heterocycles. The molecule has 32 heavy (non-hydrogen) atoms. The molecule has 0 radical (unpaired) electrons. The van der Waals surface area contributed by atoms with Crippen LogP contribution in [0.4, 0.5) is 0 Å². The second kappa shape index (κ2) is 9.35. The smallest absolute Gasteiger partial charge is 0.244 e. The monoisotopic (exact) mass is 458 g/mol. The predicted octanol–water partition coefficient (Wildman–Crippen LogP) is 3.05. The number of piperidine rings is 1. The van der Waals surface area contributed by atoms with Crippen molar-refractivity contribution in [1.82, 2.24) is 19.6 Å². The Balaban J connectivity index is 1.60. The van der Waals surface area contributed by atoms with Gasteiger partial charge in [-0.3, -0.25) is 14.4 Å². The Bertz CT molecular complexity index is 1060. The summed E-state index contributed by atoms with van der Waals surface area (Å²) in [6.45, 7) is 6.21. The summed E-state index contributed by atoms with van der Waals surface area (Å²) in [5, 5.41) is 4.71. The summed E-state index contributed by atoms with van der Waals surface area (Å²) in [7, 11) is -0.986. The zero-order valence-corrected chi connectivity index (χ0v) is 20.1. The van der Waals surface area contributed by atoms with Crippen molar-refractivity contribution in [3.63, 3.8) is 0 Å². The van der Waals surface area contributed by atoms with Crippen LogP contribution in [-0.4, -0.2) is 65.5 Å². The van der Waals surface area contributed by atoms with Crippen LogP contribution in [0, 0.1) is 13.8 Å². The Labute approximate surface area is 191 Å². The summed E-state index contributed by atoms with van der Waals surface area (Å²) in [5.41, 5.74) is 3.96. The van der Waals surface area contributed by atoms with E-state index in [1.54, 1.807) is 0 Å². The standard InChI is InChI=1S/C24H34N4O3S/c1-18-22(19(2)28(25-18)21-12-15-32(30,31)17-21)16-26(3)23(20-10-6-4-7-11-20)24(29)27-13-8-5-9-14-27/h4,6-7,10-11,21,23H,5,8-9,12-17H2,1-3H3/t21-,23-/m0/s1. The Kier molecular flexibility index (Phi) is 6.72. The number of benzene rings is 1. The summed E-state index contributed by atoms with van der Waals surface area (Å²) >= 11 is 0. The van der Waals surface area contributed by atoms with Crippen LogP contribution >= 0.6 is 0 Å². The number of likely N-dealkylation sites (tertiary alicyclic amines) is 1. The van der Waals surface area contributed by atoms with Crippen molar-refractivity contribution in [2.24, 2.45) is 0 Å². The van der Waals surface area contributed by atoms with Crippen molar-refractivity contribution in [3.05, 3.63) is 52.8 Å². The van der Waals surface area contributed by atoms with Gasteiger partial charge in [0.05, 0.1) is 23.2 Å². The van der Waals surface area contributed by atoms with Crippen LogP contribution in [0.5, 0.6) is 0 Å². The lowest BCUT2D eigenvalue weighted by Crippen LogP contribution is -2.43. The lowest BCUT2D eigenvalue weighted by Gasteiger charge is -2.35. The van der Waals surface area contributed by atoms with E-state index in [4.69, 9.17) is 5.10 Å². The molecule has 2 aliphatic rings. The Hall–Kier alpha value is -2.19. The highest BCUT2D eigenvalue weighted by Gasteiger charge is 2.33. The average Bonchev–Trinajstić information content (AvgIpc) is 3.28. The molecule has 1 amide bonds. The third kappa shape index (κ3) is 4.76. The number of aryl methyl sites for hydroxylation is 1. The van der Waals surface area contributed by atoms with E-state index in [0.29, 0.717) is 13.0 Å². The summed E-state index contributed by atoms with van der Waals surface area (Å²) in [5.74, 6) is 0.540. The van der Waals surface area contributed by atoms with E-state index in [2.05, 4.69) is 4.90 Å². The summed E-state index contributed by atoms with van der Waals surface area (Å²) in [6.07, 6.45) is 3.92. The van der Waals surface area contributed by atoms with Crippen molar-refractivity contribution in [3.8, 4) is 0 Å². The molecule has 0 unspecified atom stereocenters. The van der Waals surface area contributed by atoms with Crippen molar-refractivity contribution in [2.45, 2.75) is 58.2 Å². The molecule has 1 aromatic carbocycles. The normalized spacial score (nSPS) is 21.8. The first-order valence-electron chi connectivity index (χ1n) is 11.6. The molecule has 4 rings (SSSR count). The van der Waals surface area contributed by atoms with E-state index in [9.17, 15) is 13.2 Å². The van der Waals surface area contributed by atoms with Gasteiger partial charge in [0.15, 0.2) is 9.84 Å². The molecule has 0 saturated carbocycles. The molecule has 7 nitrogen and oxygen atoms in total. The number of nitrogens with zero attached hydrogens (tertiary/aromatic N) is 4. The number of likely N-dealkylation sites (N-methyl/N-ethyl adjacent to an activating group) is 1. The van der Waals surface area contributed by atoms with Gasteiger partial charge in [-0.15, -0.1) is 0 Å². The maximum atomic E-state index is 13.6. The molecule has 8 heteroatoms. The molecule has 2 saturated heterocycles. The first-order valence-corrected chi connectivity index (χ1v) is 13.4. The van der Waals surface area contributed by atoms with E-state index in [0.717, 1.165) is 48.4 Å². The molecule has 174 valence electrons. The van der Waals surface area contributed by atoms with Crippen molar-refractivity contribution < 1.29 is 13.2 Å². The highest BCUT2D eigenvalue weighted by molar-refractivity contribution is 7.91. The van der Waals surface area contributed by atoms with Gasteiger partial charge in [-0.05, 0) is 52.1 Å². The quantitative estimate of drug-likeness (QED) is 0.665. The second-order valence-corrected chi connectivity index (χ2v) is 11.5. The van der Waals surface area contributed by atoms with Crippen LogP contribution in [0.2, 0.25) is 0 Å². The molecular weight excluding hydrogens is 424 g/mol. The van der Waals surface area contributed by atoms with Gasteiger partial charge in [-0.25, -0.2) is 8.42 Å². The Morgan fingerprint density at radius 1 is 1.16 bits per heavy atom. The van der Waals surface area contributed by atoms with E-state index in [1.807, 2.05) is 60.8 Å². The highest BCUT2D eigenvalue weighted by Crippen LogP contribution is 2.30. The number of amides is 1. The fraction of sp³-hybridized carbons (Fsp3) is 0.583. The van der Waals surface area contributed by atoms with Gasteiger partial charge in [-0.2, -0.15) is 5.10 Å². The van der Waals surface area contributed by atoms with Crippen LogP contribution in [0.15, 0.2) is 30.3 Å². The second-order valence-electron chi connectivity index (χ2n) is 9.27. The van der Waals surface area contributed by atoms with Gasteiger partial charge in [0.1, 0.15) is 6.04 Å². The number of hydrogen-bond donors (Lipinski definition) is 0. The van der Waals surface area contributed by atoms with Gasteiger partial charge in [0, 0.05) is 30.9 Å². The van der Waals surface area contributed by atoms with Crippen LogP contribution in [-0.2, 0) is 21.2 Å². The van der Waals surface area contributed by atoms with Gasteiger partial charge in [0.2, 0.25) is 5.91 Å². The molecule has 2 aliphatic heterocycles. The van der Waals surface area contributed by atoms with Crippen molar-refractivity contribution in [1.29, 1.82) is 0 Å². The van der Waals surface area contributed by atoms with Crippen LogP contribution in [0.3, 0.4) is 0 Å². The maximum Gasteiger partial charge on any atom is 0.244 e. The molecule has 2 fully saturated rings. The van der Waals surface area contributed by atoms with Crippen molar-refractivity contribution >= 4 is 15.7 Å². The maximum absolute atomic E-state index is 13.6. The van der Waals surface area contributed by atoms with Gasteiger partial charge in [0.25, 0.3) is 0 Å². The van der Waals surface area contributed by atoms with Crippen LogP contribution in [0.1, 0.15) is 60.3 Å². The topological polar surface area (TPSA) is 75.5 Å². The minimum absolute atomic E-state index is 0.0994. The molecule has 0 N–H and O–H groups in total. The first-order chi connectivity index (χ1) is 15.3.